The first-order chi connectivity index (χ1) is 18.9. The fourth-order valence-corrected chi connectivity index (χ4v) is 5.32. The molecule has 0 heterocycles. The summed E-state index contributed by atoms with van der Waals surface area (Å²) in [6.07, 6.45) is 5.79. The molecule has 1 fully saturated rings. The van der Waals surface area contributed by atoms with Crippen molar-refractivity contribution in [3.63, 3.8) is 0 Å². The van der Waals surface area contributed by atoms with Gasteiger partial charge >= 0.3 is 0 Å². The number of carbonyl (C=O) groups is 2. The molecule has 1 atom stereocenters. The lowest BCUT2D eigenvalue weighted by molar-refractivity contribution is -0.143. The minimum atomic E-state index is -0.687. The van der Waals surface area contributed by atoms with Crippen LogP contribution in [0.1, 0.15) is 68.6 Å². The highest BCUT2D eigenvalue weighted by molar-refractivity contribution is 6.30. The molecule has 1 aliphatic rings. The van der Waals surface area contributed by atoms with Crippen LogP contribution in [-0.4, -0.2) is 35.4 Å². The first-order valence-corrected chi connectivity index (χ1v) is 14.4. The van der Waals surface area contributed by atoms with Crippen LogP contribution in [0.4, 0.5) is 0 Å². The lowest BCUT2D eigenvalue weighted by Gasteiger charge is -2.33. The Morgan fingerprint density at radius 2 is 1.62 bits per heavy atom. The minimum Gasteiger partial charge on any atom is -0.484 e. The number of hydrogen-bond donors (Lipinski definition) is 1. The van der Waals surface area contributed by atoms with E-state index in [0.717, 1.165) is 36.8 Å². The molecule has 2 amide bonds. The Bertz CT molecular complexity index is 1210. The zero-order valence-electron chi connectivity index (χ0n) is 22.9. The molecule has 206 valence electrons. The quantitative estimate of drug-likeness (QED) is 0.283. The van der Waals surface area contributed by atoms with E-state index in [2.05, 4.69) is 19.2 Å². The molecule has 0 bridgehead atoms. The van der Waals surface area contributed by atoms with Gasteiger partial charge in [-0.15, -0.1) is 0 Å². The third kappa shape index (κ3) is 8.59. The fraction of sp³-hybridized carbons (Fsp3) is 0.394. The number of amides is 2. The van der Waals surface area contributed by atoms with Gasteiger partial charge in [0.05, 0.1) is 0 Å². The van der Waals surface area contributed by atoms with Crippen molar-refractivity contribution in [3.05, 3.63) is 101 Å². The van der Waals surface area contributed by atoms with Crippen molar-refractivity contribution in [2.75, 3.05) is 6.61 Å². The lowest BCUT2D eigenvalue weighted by atomic mass is 9.94. The zero-order valence-corrected chi connectivity index (χ0v) is 23.7. The predicted molar refractivity (Wildman–Crippen MR) is 157 cm³/mol. The van der Waals surface area contributed by atoms with Gasteiger partial charge in [0, 0.05) is 24.0 Å². The smallest absolute Gasteiger partial charge is 0.261 e. The summed E-state index contributed by atoms with van der Waals surface area (Å²) in [6.45, 7) is 4.37. The minimum absolute atomic E-state index is 0.123. The monoisotopic (exact) mass is 546 g/mol. The summed E-state index contributed by atoms with van der Waals surface area (Å²) in [5.41, 5.74) is 3.06. The maximum atomic E-state index is 13.8. The molecule has 0 aliphatic heterocycles. The van der Waals surface area contributed by atoms with Crippen LogP contribution in [0.2, 0.25) is 5.02 Å². The average Bonchev–Trinajstić information content (AvgIpc) is 2.95. The molecule has 1 N–H and O–H groups in total. The average molecular weight is 547 g/mol. The molecule has 1 saturated carbocycles. The van der Waals surface area contributed by atoms with Gasteiger partial charge in [-0.2, -0.15) is 0 Å². The van der Waals surface area contributed by atoms with Gasteiger partial charge in [0.1, 0.15) is 11.8 Å². The SMILES string of the molecule is CC(C)c1ccc(OCC(=O)N(Cc2cccc(Cl)c2)[C@@H](Cc2ccccc2)C(=O)NC2CCCCC2)cc1. The van der Waals surface area contributed by atoms with Crippen molar-refractivity contribution < 1.29 is 14.3 Å². The molecule has 0 saturated heterocycles. The van der Waals surface area contributed by atoms with E-state index in [1.165, 1.54) is 12.0 Å². The topological polar surface area (TPSA) is 58.6 Å². The van der Waals surface area contributed by atoms with Crippen LogP contribution in [-0.2, 0) is 22.6 Å². The molecule has 6 heteroatoms. The van der Waals surface area contributed by atoms with E-state index in [4.69, 9.17) is 16.3 Å². The maximum absolute atomic E-state index is 13.8. The molecule has 39 heavy (non-hydrogen) atoms. The highest BCUT2D eigenvalue weighted by atomic mass is 35.5. The van der Waals surface area contributed by atoms with Crippen LogP contribution in [0.15, 0.2) is 78.9 Å². The summed E-state index contributed by atoms with van der Waals surface area (Å²) in [4.78, 5) is 29.3. The van der Waals surface area contributed by atoms with Gasteiger partial charge in [-0.25, -0.2) is 0 Å². The normalized spacial score (nSPS) is 14.6. The fourth-order valence-electron chi connectivity index (χ4n) is 5.11. The number of nitrogens with zero attached hydrogens (tertiary/aromatic N) is 1. The third-order valence-electron chi connectivity index (χ3n) is 7.37. The number of halogens is 1. The Balaban J connectivity index is 1.59. The molecule has 5 nitrogen and oxygen atoms in total. The predicted octanol–water partition coefficient (Wildman–Crippen LogP) is 6.93. The number of carbonyl (C=O) groups excluding carboxylic acids is 2. The number of hydrogen-bond acceptors (Lipinski definition) is 3. The molecule has 0 unspecified atom stereocenters. The third-order valence-corrected chi connectivity index (χ3v) is 7.61. The van der Waals surface area contributed by atoms with E-state index in [9.17, 15) is 9.59 Å². The van der Waals surface area contributed by atoms with Crippen molar-refractivity contribution in [2.24, 2.45) is 0 Å². The molecular formula is C33H39ClN2O3. The van der Waals surface area contributed by atoms with E-state index in [1.54, 1.807) is 11.0 Å². The van der Waals surface area contributed by atoms with Gasteiger partial charge in [-0.1, -0.05) is 99.3 Å². The second kappa shape index (κ2) is 14.2. The van der Waals surface area contributed by atoms with Gasteiger partial charge in [0.2, 0.25) is 5.91 Å². The second-order valence-electron chi connectivity index (χ2n) is 10.7. The Kier molecular flexibility index (Phi) is 10.4. The Labute approximate surface area is 237 Å². The Morgan fingerprint density at radius 3 is 2.28 bits per heavy atom. The van der Waals surface area contributed by atoms with Crippen LogP contribution >= 0.6 is 11.6 Å². The number of ether oxygens (including phenoxy) is 1. The van der Waals surface area contributed by atoms with Gasteiger partial charge in [0.25, 0.3) is 5.91 Å². The number of nitrogens with one attached hydrogen (secondary N) is 1. The van der Waals surface area contributed by atoms with Gasteiger partial charge < -0.3 is 15.0 Å². The van der Waals surface area contributed by atoms with Crippen LogP contribution in [0.3, 0.4) is 0 Å². The first kappa shape index (κ1) is 28.7. The highest BCUT2D eigenvalue weighted by Crippen LogP contribution is 2.22. The molecule has 0 aromatic heterocycles. The van der Waals surface area contributed by atoms with E-state index in [0.29, 0.717) is 23.1 Å². The number of rotatable bonds is 11. The number of benzene rings is 3. The summed E-state index contributed by atoms with van der Waals surface area (Å²) < 4.78 is 5.93. The van der Waals surface area contributed by atoms with E-state index in [-0.39, 0.29) is 31.0 Å². The molecule has 0 radical (unpaired) electrons. The van der Waals surface area contributed by atoms with Crippen LogP contribution in [0, 0.1) is 0 Å². The Hall–Kier alpha value is -3.31. The molecule has 4 rings (SSSR count). The maximum Gasteiger partial charge on any atom is 0.261 e. The molecule has 3 aromatic rings. The zero-order chi connectivity index (χ0) is 27.6. The van der Waals surface area contributed by atoms with Gasteiger partial charge in [-0.3, -0.25) is 9.59 Å². The first-order valence-electron chi connectivity index (χ1n) is 14.0. The summed E-state index contributed by atoms with van der Waals surface area (Å²) in [5.74, 6) is 0.669. The van der Waals surface area contributed by atoms with Crippen LogP contribution < -0.4 is 10.1 Å². The molecular weight excluding hydrogens is 508 g/mol. The summed E-state index contributed by atoms with van der Waals surface area (Å²) in [6, 6.07) is 24.6. The van der Waals surface area contributed by atoms with Crippen molar-refractivity contribution in [1.29, 1.82) is 0 Å². The molecule has 1 aliphatic carbocycles. The van der Waals surface area contributed by atoms with Crippen molar-refractivity contribution in [2.45, 2.75) is 76.9 Å². The summed E-state index contributed by atoms with van der Waals surface area (Å²) in [5, 5.41) is 3.85. The standard InChI is InChI=1S/C33H39ClN2O3/c1-24(2)27-16-18-30(19-17-27)39-23-32(37)36(22-26-12-9-13-28(34)20-26)31(21-25-10-5-3-6-11-25)33(38)35-29-14-7-4-8-15-29/h3,5-6,9-13,16-20,24,29,31H,4,7-8,14-15,21-23H2,1-2H3,(H,35,38)/t31-/m0/s1. The van der Waals surface area contributed by atoms with E-state index in [1.807, 2.05) is 72.8 Å². The van der Waals surface area contributed by atoms with Crippen molar-refractivity contribution in [1.82, 2.24) is 10.2 Å². The summed E-state index contributed by atoms with van der Waals surface area (Å²) >= 11 is 6.28. The largest absolute Gasteiger partial charge is 0.484 e. The van der Waals surface area contributed by atoms with E-state index >= 15 is 0 Å². The molecule has 0 spiro atoms. The van der Waals surface area contributed by atoms with E-state index < -0.39 is 6.04 Å². The van der Waals surface area contributed by atoms with Crippen molar-refractivity contribution >= 4 is 23.4 Å². The van der Waals surface area contributed by atoms with Gasteiger partial charge in [-0.05, 0) is 59.7 Å². The lowest BCUT2D eigenvalue weighted by Crippen LogP contribution is -2.53. The van der Waals surface area contributed by atoms with Gasteiger partial charge in [0.15, 0.2) is 6.61 Å². The molecule has 3 aromatic carbocycles. The highest BCUT2D eigenvalue weighted by Gasteiger charge is 2.32. The summed E-state index contributed by atoms with van der Waals surface area (Å²) in [7, 11) is 0. The van der Waals surface area contributed by atoms with Crippen molar-refractivity contribution in [3.8, 4) is 5.75 Å². The Morgan fingerprint density at radius 1 is 0.923 bits per heavy atom. The second-order valence-corrected chi connectivity index (χ2v) is 11.1. The van der Waals surface area contributed by atoms with Crippen LogP contribution in [0.5, 0.6) is 5.75 Å². The van der Waals surface area contributed by atoms with Crippen LogP contribution in [0.25, 0.3) is 0 Å².